The summed E-state index contributed by atoms with van der Waals surface area (Å²) in [5.41, 5.74) is -0.882. The molecule has 0 spiro atoms. The van der Waals surface area contributed by atoms with Gasteiger partial charge in [-0.25, -0.2) is 4.79 Å². The number of hydrogen-bond donors (Lipinski definition) is 1. The molecule has 26 heavy (non-hydrogen) atoms. The zero-order valence-electron chi connectivity index (χ0n) is 15.2. The van der Waals surface area contributed by atoms with E-state index in [0.29, 0.717) is 37.4 Å². The van der Waals surface area contributed by atoms with E-state index in [9.17, 15) is 14.4 Å². The average Bonchev–Trinajstić information content (AvgIpc) is 3.34. The number of likely N-dealkylation sites (tertiary alicyclic amines) is 1. The van der Waals surface area contributed by atoms with E-state index in [4.69, 9.17) is 4.74 Å². The number of nitrogens with one attached hydrogen (secondary N) is 1. The quantitative estimate of drug-likeness (QED) is 0.799. The van der Waals surface area contributed by atoms with Crippen LogP contribution in [0, 0.1) is 5.92 Å². The summed E-state index contributed by atoms with van der Waals surface area (Å²) in [7, 11) is 0. The fourth-order valence-electron chi connectivity index (χ4n) is 3.90. The third-order valence-corrected chi connectivity index (χ3v) is 6.15. The van der Waals surface area contributed by atoms with Crippen molar-refractivity contribution in [2.75, 3.05) is 19.7 Å². The second-order valence-corrected chi connectivity index (χ2v) is 8.01. The molecular formula is C19H26N2O4S. The Balaban J connectivity index is 1.65. The molecule has 0 radical (unpaired) electrons. The van der Waals surface area contributed by atoms with E-state index in [0.717, 1.165) is 25.7 Å². The summed E-state index contributed by atoms with van der Waals surface area (Å²) in [4.78, 5) is 40.3. The van der Waals surface area contributed by atoms with E-state index in [1.54, 1.807) is 11.8 Å². The van der Waals surface area contributed by atoms with Gasteiger partial charge in [-0.1, -0.05) is 18.9 Å². The van der Waals surface area contributed by atoms with Gasteiger partial charge < -0.3 is 15.0 Å². The standard InChI is InChI=1S/C19H26N2O4S/c1-2-25-18(24)19(9-3-4-10-19)20-16(22)14-7-5-11-21(13-14)17(23)15-8-6-12-26-15/h6,8,12,14H,2-5,7,9-11,13H2,1H3,(H,20,22). The number of esters is 1. The number of amides is 2. The fraction of sp³-hybridized carbons (Fsp3) is 0.632. The summed E-state index contributed by atoms with van der Waals surface area (Å²) in [6.07, 6.45) is 4.60. The van der Waals surface area contributed by atoms with Gasteiger partial charge in [0.2, 0.25) is 5.91 Å². The highest BCUT2D eigenvalue weighted by molar-refractivity contribution is 7.12. The van der Waals surface area contributed by atoms with Crippen molar-refractivity contribution in [3.8, 4) is 0 Å². The van der Waals surface area contributed by atoms with E-state index in [1.807, 2.05) is 17.5 Å². The summed E-state index contributed by atoms with van der Waals surface area (Å²) < 4.78 is 5.21. The highest BCUT2D eigenvalue weighted by Gasteiger charge is 2.45. The van der Waals surface area contributed by atoms with E-state index < -0.39 is 5.54 Å². The zero-order chi connectivity index (χ0) is 18.6. The fourth-order valence-corrected chi connectivity index (χ4v) is 4.59. The Labute approximate surface area is 157 Å². The second-order valence-electron chi connectivity index (χ2n) is 7.07. The van der Waals surface area contributed by atoms with Crippen LogP contribution >= 0.6 is 11.3 Å². The molecule has 1 N–H and O–H groups in total. The molecule has 1 saturated carbocycles. The van der Waals surface area contributed by atoms with Gasteiger partial charge in [0.15, 0.2) is 0 Å². The Morgan fingerprint density at radius 2 is 2.08 bits per heavy atom. The predicted molar refractivity (Wildman–Crippen MR) is 98.9 cm³/mol. The van der Waals surface area contributed by atoms with Crippen LogP contribution < -0.4 is 5.32 Å². The molecule has 7 heteroatoms. The minimum atomic E-state index is -0.882. The van der Waals surface area contributed by atoms with Gasteiger partial charge in [0.25, 0.3) is 5.91 Å². The molecule has 2 amide bonds. The van der Waals surface area contributed by atoms with Crippen LogP contribution in [0.2, 0.25) is 0 Å². The van der Waals surface area contributed by atoms with Gasteiger partial charge in [0, 0.05) is 13.1 Å². The maximum atomic E-state index is 12.9. The summed E-state index contributed by atoms with van der Waals surface area (Å²) >= 11 is 1.42. The molecule has 1 aromatic rings. The minimum absolute atomic E-state index is 0.0153. The van der Waals surface area contributed by atoms with Crippen LogP contribution in [0.5, 0.6) is 0 Å². The number of carbonyl (C=O) groups excluding carboxylic acids is 3. The van der Waals surface area contributed by atoms with Gasteiger partial charge in [-0.15, -0.1) is 11.3 Å². The molecule has 1 atom stereocenters. The number of nitrogens with zero attached hydrogens (tertiary/aromatic N) is 1. The molecular weight excluding hydrogens is 352 g/mol. The third-order valence-electron chi connectivity index (χ3n) is 5.30. The van der Waals surface area contributed by atoms with Crippen LogP contribution in [0.4, 0.5) is 0 Å². The molecule has 1 aliphatic heterocycles. The van der Waals surface area contributed by atoms with Gasteiger partial charge in [0.05, 0.1) is 17.4 Å². The van der Waals surface area contributed by atoms with Crippen molar-refractivity contribution in [1.82, 2.24) is 10.2 Å². The Morgan fingerprint density at radius 3 is 2.73 bits per heavy atom. The summed E-state index contributed by atoms with van der Waals surface area (Å²) in [6.45, 7) is 3.16. The van der Waals surface area contributed by atoms with Crippen LogP contribution in [-0.2, 0) is 14.3 Å². The molecule has 1 aliphatic carbocycles. The largest absolute Gasteiger partial charge is 0.464 e. The van der Waals surface area contributed by atoms with E-state index in [1.165, 1.54) is 11.3 Å². The number of carbonyl (C=O) groups is 3. The smallest absolute Gasteiger partial charge is 0.331 e. The van der Waals surface area contributed by atoms with E-state index >= 15 is 0 Å². The molecule has 6 nitrogen and oxygen atoms in total. The molecule has 2 heterocycles. The maximum Gasteiger partial charge on any atom is 0.331 e. The zero-order valence-corrected chi connectivity index (χ0v) is 16.0. The van der Waals surface area contributed by atoms with Crippen LogP contribution in [-0.4, -0.2) is 47.9 Å². The Bertz CT molecular complexity index is 653. The van der Waals surface area contributed by atoms with Crippen LogP contribution in [0.1, 0.15) is 55.1 Å². The van der Waals surface area contributed by atoms with Crippen molar-refractivity contribution in [2.24, 2.45) is 5.92 Å². The number of rotatable bonds is 5. The lowest BCUT2D eigenvalue weighted by Crippen LogP contribution is -2.56. The average molecular weight is 378 g/mol. The Kier molecular flexibility index (Phi) is 5.96. The monoisotopic (exact) mass is 378 g/mol. The lowest BCUT2D eigenvalue weighted by atomic mass is 9.92. The lowest BCUT2D eigenvalue weighted by molar-refractivity contribution is -0.153. The molecule has 3 rings (SSSR count). The van der Waals surface area contributed by atoms with Gasteiger partial charge in [-0.05, 0) is 44.1 Å². The van der Waals surface area contributed by atoms with Gasteiger partial charge >= 0.3 is 5.97 Å². The first-order chi connectivity index (χ1) is 12.6. The molecule has 0 bridgehead atoms. The molecule has 2 fully saturated rings. The first kappa shape index (κ1) is 18.9. The number of ether oxygens (including phenoxy) is 1. The summed E-state index contributed by atoms with van der Waals surface area (Å²) in [5, 5.41) is 4.87. The maximum absolute atomic E-state index is 12.9. The van der Waals surface area contributed by atoms with Crippen molar-refractivity contribution < 1.29 is 19.1 Å². The number of piperidine rings is 1. The van der Waals surface area contributed by atoms with Crippen molar-refractivity contribution in [2.45, 2.75) is 51.0 Å². The van der Waals surface area contributed by atoms with Crippen molar-refractivity contribution >= 4 is 29.1 Å². The molecule has 0 aromatic carbocycles. The van der Waals surface area contributed by atoms with Crippen LogP contribution in [0.3, 0.4) is 0 Å². The number of hydrogen-bond acceptors (Lipinski definition) is 5. The first-order valence-corrected chi connectivity index (χ1v) is 10.3. The Morgan fingerprint density at radius 1 is 1.31 bits per heavy atom. The highest BCUT2D eigenvalue weighted by atomic mass is 32.1. The van der Waals surface area contributed by atoms with Crippen molar-refractivity contribution in [3.05, 3.63) is 22.4 Å². The van der Waals surface area contributed by atoms with Crippen LogP contribution in [0.25, 0.3) is 0 Å². The predicted octanol–water partition coefficient (Wildman–Crippen LogP) is 2.59. The molecule has 2 aliphatic rings. The van der Waals surface area contributed by atoms with Crippen molar-refractivity contribution in [1.29, 1.82) is 0 Å². The molecule has 1 unspecified atom stereocenters. The number of thiophene rings is 1. The Hall–Kier alpha value is -1.89. The lowest BCUT2D eigenvalue weighted by Gasteiger charge is -2.34. The van der Waals surface area contributed by atoms with E-state index in [2.05, 4.69) is 5.32 Å². The van der Waals surface area contributed by atoms with Gasteiger partial charge in [-0.2, -0.15) is 0 Å². The topological polar surface area (TPSA) is 75.7 Å². The summed E-state index contributed by atoms with van der Waals surface area (Å²) in [6, 6.07) is 3.67. The minimum Gasteiger partial charge on any atom is -0.464 e. The first-order valence-electron chi connectivity index (χ1n) is 9.38. The van der Waals surface area contributed by atoms with Gasteiger partial charge in [-0.3, -0.25) is 9.59 Å². The SMILES string of the molecule is CCOC(=O)C1(NC(=O)C2CCCN(C(=O)c3cccs3)C2)CCCC1. The highest BCUT2D eigenvalue weighted by Crippen LogP contribution is 2.32. The molecule has 1 aromatic heterocycles. The van der Waals surface area contributed by atoms with Gasteiger partial charge in [0.1, 0.15) is 5.54 Å². The normalized spacial score (nSPS) is 22.0. The summed E-state index contributed by atoms with van der Waals surface area (Å²) in [5.74, 6) is -0.755. The second kappa shape index (κ2) is 8.20. The van der Waals surface area contributed by atoms with Crippen molar-refractivity contribution in [3.63, 3.8) is 0 Å². The third kappa shape index (κ3) is 3.92. The van der Waals surface area contributed by atoms with E-state index in [-0.39, 0.29) is 23.7 Å². The molecule has 142 valence electrons. The molecule has 1 saturated heterocycles. The van der Waals surface area contributed by atoms with Crippen LogP contribution in [0.15, 0.2) is 17.5 Å².